The molecule has 1 aromatic rings. The van der Waals surface area contributed by atoms with Gasteiger partial charge in [0.05, 0.1) is 24.9 Å². The first kappa shape index (κ1) is 16.8. The van der Waals surface area contributed by atoms with Gasteiger partial charge in [-0.1, -0.05) is 6.92 Å². The molecule has 6 heteroatoms. The average molecular weight is 309 g/mol. The summed E-state index contributed by atoms with van der Waals surface area (Å²) >= 11 is 0. The molecule has 0 bridgehead atoms. The standard InChI is InChI=1S/C16H27N3O3/c1-6-16(21-11-13-9-17-18(5)10-13)7-8-19(12-16)14(20)22-15(2,3)4/h9-10H,6-8,11-12H2,1-5H3. The molecule has 0 spiro atoms. The van der Waals surface area contributed by atoms with Crippen LogP contribution in [0.25, 0.3) is 0 Å². The van der Waals surface area contributed by atoms with Crippen molar-refractivity contribution in [2.24, 2.45) is 7.05 Å². The van der Waals surface area contributed by atoms with Crippen LogP contribution in [0.3, 0.4) is 0 Å². The summed E-state index contributed by atoms with van der Waals surface area (Å²) in [6, 6.07) is 0. The highest BCUT2D eigenvalue weighted by atomic mass is 16.6. The Morgan fingerprint density at radius 3 is 2.73 bits per heavy atom. The molecule has 0 N–H and O–H groups in total. The summed E-state index contributed by atoms with van der Waals surface area (Å²) < 4.78 is 13.4. The van der Waals surface area contributed by atoms with Gasteiger partial charge >= 0.3 is 6.09 Å². The van der Waals surface area contributed by atoms with Crippen LogP contribution >= 0.6 is 0 Å². The van der Waals surface area contributed by atoms with E-state index in [-0.39, 0.29) is 11.7 Å². The van der Waals surface area contributed by atoms with Crippen molar-refractivity contribution in [3.8, 4) is 0 Å². The van der Waals surface area contributed by atoms with E-state index in [2.05, 4.69) is 12.0 Å². The van der Waals surface area contributed by atoms with E-state index >= 15 is 0 Å². The van der Waals surface area contributed by atoms with Gasteiger partial charge in [-0.3, -0.25) is 4.68 Å². The first-order valence-electron chi connectivity index (χ1n) is 7.82. The number of carbonyl (C=O) groups excluding carboxylic acids is 1. The molecule has 0 radical (unpaired) electrons. The SMILES string of the molecule is CCC1(OCc2cnn(C)c2)CCN(C(=O)OC(C)(C)C)C1. The maximum Gasteiger partial charge on any atom is 0.410 e. The normalized spacial score (nSPS) is 22.1. The number of hydrogen-bond acceptors (Lipinski definition) is 4. The topological polar surface area (TPSA) is 56.6 Å². The molecule has 1 amide bonds. The third kappa shape index (κ3) is 4.22. The van der Waals surface area contributed by atoms with Gasteiger partial charge in [0.2, 0.25) is 0 Å². The molecular weight excluding hydrogens is 282 g/mol. The summed E-state index contributed by atoms with van der Waals surface area (Å²) in [5, 5.41) is 4.15. The van der Waals surface area contributed by atoms with E-state index in [1.807, 2.05) is 40.2 Å². The Kier molecular flexibility index (Phi) is 4.80. The fraction of sp³-hybridized carbons (Fsp3) is 0.750. The summed E-state index contributed by atoms with van der Waals surface area (Å²) in [5.74, 6) is 0. The van der Waals surface area contributed by atoms with Crippen molar-refractivity contribution in [1.29, 1.82) is 0 Å². The van der Waals surface area contributed by atoms with Crippen LogP contribution in [0.5, 0.6) is 0 Å². The molecule has 1 saturated heterocycles. The number of ether oxygens (including phenoxy) is 2. The van der Waals surface area contributed by atoms with Crippen molar-refractivity contribution in [3.05, 3.63) is 18.0 Å². The molecule has 22 heavy (non-hydrogen) atoms. The summed E-state index contributed by atoms with van der Waals surface area (Å²) in [6.45, 7) is 9.52. The Morgan fingerprint density at radius 2 is 2.18 bits per heavy atom. The lowest BCUT2D eigenvalue weighted by atomic mass is 10.00. The maximum absolute atomic E-state index is 12.2. The Bertz CT molecular complexity index is 521. The number of aryl methyl sites for hydroxylation is 1. The second-order valence-corrected chi connectivity index (χ2v) is 7.00. The molecule has 124 valence electrons. The minimum Gasteiger partial charge on any atom is -0.444 e. The highest BCUT2D eigenvalue weighted by molar-refractivity contribution is 5.68. The molecule has 1 aromatic heterocycles. The molecule has 2 heterocycles. The van der Waals surface area contributed by atoms with E-state index in [0.29, 0.717) is 19.7 Å². The van der Waals surface area contributed by atoms with Crippen LogP contribution in [0.15, 0.2) is 12.4 Å². The van der Waals surface area contributed by atoms with Gasteiger partial charge in [-0.2, -0.15) is 5.10 Å². The number of likely N-dealkylation sites (tertiary alicyclic amines) is 1. The van der Waals surface area contributed by atoms with Crippen molar-refractivity contribution in [2.75, 3.05) is 13.1 Å². The predicted molar refractivity (Wildman–Crippen MR) is 83.4 cm³/mol. The summed E-state index contributed by atoms with van der Waals surface area (Å²) in [5.41, 5.74) is 0.295. The lowest BCUT2D eigenvalue weighted by Gasteiger charge is -2.29. The predicted octanol–water partition coefficient (Wildman–Crippen LogP) is 2.73. The van der Waals surface area contributed by atoms with Crippen LogP contribution in [0.1, 0.15) is 46.1 Å². The molecule has 1 aliphatic heterocycles. The molecule has 0 saturated carbocycles. The monoisotopic (exact) mass is 309 g/mol. The first-order valence-corrected chi connectivity index (χ1v) is 7.82. The fourth-order valence-corrected chi connectivity index (χ4v) is 2.62. The number of carbonyl (C=O) groups is 1. The van der Waals surface area contributed by atoms with Gasteiger partial charge in [-0.25, -0.2) is 4.79 Å². The molecule has 1 fully saturated rings. The molecule has 0 aromatic carbocycles. The van der Waals surface area contributed by atoms with Crippen molar-refractivity contribution >= 4 is 6.09 Å². The molecule has 1 aliphatic rings. The number of rotatable bonds is 4. The van der Waals surface area contributed by atoms with Crippen molar-refractivity contribution in [3.63, 3.8) is 0 Å². The average Bonchev–Trinajstić information content (AvgIpc) is 3.02. The minimum atomic E-state index is -0.467. The third-order valence-electron chi connectivity index (χ3n) is 3.92. The highest BCUT2D eigenvalue weighted by Crippen LogP contribution is 2.30. The number of hydrogen-bond donors (Lipinski definition) is 0. The Hall–Kier alpha value is -1.56. The van der Waals surface area contributed by atoms with E-state index in [4.69, 9.17) is 9.47 Å². The number of aromatic nitrogens is 2. The van der Waals surface area contributed by atoms with Crippen LogP contribution < -0.4 is 0 Å². The van der Waals surface area contributed by atoms with Gasteiger partial charge in [-0.15, -0.1) is 0 Å². The van der Waals surface area contributed by atoms with E-state index in [1.54, 1.807) is 9.58 Å². The zero-order chi connectivity index (χ0) is 16.4. The second-order valence-electron chi connectivity index (χ2n) is 7.00. The highest BCUT2D eigenvalue weighted by Gasteiger charge is 2.41. The molecule has 1 atom stereocenters. The van der Waals surface area contributed by atoms with E-state index < -0.39 is 5.60 Å². The van der Waals surface area contributed by atoms with Gasteiger partial charge in [0.25, 0.3) is 0 Å². The van der Waals surface area contributed by atoms with Crippen molar-refractivity contribution in [1.82, 2.24) is 14.7 Å². The van der Waals surface area contributed by atoms with Crippen LogP contribution in [-0.2, 0) is 23.1 Å². The van der Waals surface area contributed by atoms with Crippen LogP contribution in [0, 0.1) is 0 Å². The summed E-state index contributed by atoms with van der Waals surface area (Å²) in [6.07, 6.45) is 5.21. The maximum atomic E-state index is 12.2. The number of nitrogens with zero attached hydrogens (tertiary/aromatic N) is 3. The van der Waals surface area contributed by atoms with Crippen LogP contribution in [-0.4, -0.2) is 45.1 Å². The zero-order valence-corrected chi connectivity index (χ0v) is 14.3. The molecular formula is C16H27N3O3. The Balaban J connectivity index is 1.93. The Morgan fingerprint density at radius 1 is 1.45 bits per heavy atom. The smallest absolute Gasteiger partial charge is 0.410 e. The summed E-state index contributed by atoms with van der Waals surface area (Å²) in [7, 11) is 1.89. The minimum absolute atomic E-state index is 0.257. The lowest BCUT2D eigenvalue weighted by Crippen LogP contribution is -2.40. The second kappa shape index (κ2) is 6.28. The summed E-state index contributed by atoms with van der Waals surface area (Å²) in [4.78, 5) is 13.9. The van der Waals surface area contributed by atoms with E-state index in [0.717, 1.165) is 18.4 Å². The molecule has 1 unspecified atom stereocenters. The van der Waals surface area contributed by atoms with Gasteiger partial charge in [0.15, 0.2) is 0 Å². The first-order chi connectivity index (χ1) is 10.2. The van der Waals surface area contributed by atoms with E-state index in [9.17, 15) is 4.79 Å². The van der Waals surface area contributed by atoms with Crippen molar-refractivity contribution in [2.45, 2.75) is 58.3 Å². The van der Waals surface area contributed by atoms with Gasteiger partial charge in [0.1, 0.15) is 5.60 Å². The van der Waals surface area contributed by atoms with Crippen LogP contribution in [0.4, 0.5) is 4.79 Å². The van der Waals surface area contributed by atoms with Gasteiger partial charge in [-0.05, 0) is 33.6 Å². The third-order valence-corrected chi connectivity index (χ3v) is 3.92. The Labute approximate surface area is 132 Å². The van der Waals surface area contributed by atoms with Crippen molar-refractivity contribution < 1.29 is 14.3 Å². The van der Waals surface area contributed by atoms with E-state index in [1.165, 1.54) is 0 Å². The lowest BCUT2D eigenvalue weighted by molar-refractivity contribution is -0.0528. The number of amides is 1. The van der Waals surface area contributed by atoms with Crippen LogP contribution in [0.2, 0.25) is 0 Å². The molecule has 6 nitrogen and oxygen atoms in total. The quantitative estimate of drug-likeness (QED) is 0.858. The largest absolute Gasteiger partial charge is 0.444 e. The fourth-order valence-electron chi connectivity index (χ4n) is 2.62. The van der Waals surface area contributed by atoms with Gasteiger partial charge in [0, 0.05) is 25.4 Å². The molecule has 0 aliphatic carbocycles. The molecule has 2 rings (SSSR count). The van der Waals surface area contributed by atoms with Gasteiger partial charge < -0.3 is 14.4 Å². The zero-order valence-electron chi connectivity index (χ0n) is 14.3.